The van der Waals surface area contributed by atoms with Gasteiger partial charge in [0.2, 0.25) is 5.88 Å². The summed E-state index contributed by atoms with van der Waals surface area (Å²) in [5.74, 6) is 1.15. The Morgan fingerprint density at radius 2 is 2.00 bits per heavy atom. The Morgan fingerprint density at radius 1 is 1.29 bits per heavy atom. The van der Waals surface area contributed by atoms with Gasteiger partial charge in [-0.3, -0.25) is 0 Å². The summed E-state index contributed by atoms with van der Waals surface area (Å²) in [7, 11) is 0. The van der Waals surface area contributed by atoms with Crippen LogP contribution in [0.3, 0.4) is 0 Å². The fraction of sp³-hybridized carbons (Fsp3) is 0.308. The molecular formula is C13H13ClN2O. The van der Waals surface area contributed by atoms with Crippen LogP contribution < -0.4 is 5.73 Å². The van der Waals surface area contributed by atoms with Crippen molar-refractivity contribution in [1.29, 1.82) is 0 Å². The highest BCUT2D eigenvalue weighted by molar-refractivity contribution is 6.30. The van der Waals surface area contributed by atoms with E-state index in [1.807, 2.05) is 24.3 Å². The van der Waals surface area contributed by atoms with E-state index in [-0.39, 0.29) is 0 Å². The highest BCUT2D eigenvalue weighted by Crippen LogP contribution is 2.37. The lowest BCUT2D eigenvalue weighted by molar-refractivity contribution is 0.426. The van der Waals surface area contributed by atoms with Crippen molar-refractivity contribution in [2.24, 2.45) is 5.92 Å². The van der Waals surface area contributed by atoms with Gasteiger partial charge in [-0.2, -0.15) is 0 Å². The van der Waals surface area contributed by atoms with E-state index < -0.39 is 0 Å². The second-order valence-electron chi connectivity index (χ2n) is 4.52. The number of aromatic nitrogens is 1. The van der Waals surface area contributed by atoms with Crippen molar-refractivity contribution in [1.82, 2.24) is 5.16 Å². The van der Waals surface area contributed by atoms with Crippen LogP contribution in [0.15, 0.2) is 28.8 Å². The van der Waals surface area contributed by atoms with E-state index >= 15 is 0 Å². The number of anilines is 1. The molecule has 0 radical (unpaired) electrons. The number of rotatable bonds is 3. The molecule has 17 heavy (non-hydrogen) atoms. The van der Waals surface area contributed by atoms with Gasteiger partial charge >= 0.3 is 0 Å². The normalized spacial score (nSPS) is 15.1. The van der Waals surface area contributed by atoms with Crippen molar-refractivity contribution < 1.29 is 4.52 Å². The van der Waals surface area contributed by atoms with Crippen LogP contribution in [0.2, 0.25) is 5.02 Å². The number of benzene rings is 1. The van der Waals surface area contributed by atoms with Gasteiger partial charge in [-0.05, 0) is 42.9 Å². The van der Waals surface area contributed by atoms with Crippen molar-refractivity contribution in [3.8, 4) is 11.1 Å². The summed E-state index contributed by atoms with van der Waals surface area (Å²) in [4.78, 5) is 0. The van der Waals surface area contributed by atoms with Gasteiger partial charge in [0.15, 0.2) is 0 Å². The van der Waals surface area contributed by atoms with Gasteiger partial charge in [-0.15, -0.1) is 0 Å². The molecule has 2 N–H and O–H groups in total. The third-order valence-corrected chi connectivity index (χ3v) is 3.35. The Kier molecular flexibility index (Phi) is 2.56. The zero-order chi connectivity index (χ0) is 11.8. The van der Waals surface area contributed by atoms with E-state index in [0.29, 0.717) is 10.9 Å². The van der Waals surface area contributed by atoms with Crippen molar-refractivity contribution >= 4 is 17.5 Å². The van der Waals surface area contributed by atoms with Crippen molar-refractivity contribution in [2.75, 3.05) is 5.73 Å². The van der Waals surface area contributed by atoms with Crippen LogP contribution in [0.1, 0.15) is 18.5 Å². The fourth-order valence-electron chi connectivity index (χ4n) is 2.00. The molecule has 1 aromatic heterocycles. The molecule has 88 valence electrons. The van der Waals surface area contributed by atoms with Gasteiger partial charge in [-0.1, -0.05) is 28.9 Å². The molecule has 1 heterocycles. The predicted molar refractivity (Wildman–Crippen MR) is 67.8 cm³/mol. The second-order valence-corrected chi connectivity index (χ2v) is 4.96. The Balaban J connectivity index is 1.99. The van der Waals surface area contributed by atoms with Crippen LogP contribution in [0, 0.1) is 5.92 Å². The first-order chi connectivity index (χ1) is 8.24. The standard InChI is InChI=1S/C13H13ClN2O/c14-10-5-3-9(4-6-10)12-11(7-8-1-2-8)16-17-13(12)15/h3-6,8H,1-2,7,15H2. The summed E-state index contributed by atoms with van der Waals surface area (Å²) in [6.07, 6.45) is 3.53. The highest BCUT2D eigenvalue weighted by atomic mass is 35.5. The Hall–Kier alpha value is -1.48. The summed E-state index contributed by atoms with van der Waals surface area (Å²) >= 11 is 5.88. The van der Waals surface area contributed by atoms with Gasteiger partial charge in [-0.25, -0.2) is 0 Å². The second kappa shape index (κ2) is 4.08. The predicted octanol–water partition coefficient (Wildman–Crippen LogP) is 3.53. The highest BCUT2D eigenvalue weighted by Gasteiger charge is 2.26. The zero-order valence-corrected chi connectivity index (χ0v) is 10.1. The van der Waals surface area contributed by atoms with Gasteiger partial charge in [0.1, 0.15) is 0 Å². The molecule has 1 aliphatic rings. The van der Waals surface area contributed by atoms with Gasteiger partial charge in [0.25, 0.3) is 0 Å². The summed E-state index contributed by atoms with van der Waals surface area (Å²) in [5, 5.41) is 4.78. The monoisotopic (exact) mass is 248 g/mol. The van der Waals surface area contributed by atoms with Crippen LogP contribution in [-0.4, -0.2) is 5.16 Å². The summed E-state index contributed by atoms with van der Waals surface area (Å²) in [6.45, 7) is 0. The average Bonchev–Trinajstić information content (AvgIpc) is 3.05. The first-order valence-electron chi connectivity index (χ1n) is 5.74. The van der Waals surface area contributed by atoms with Gasteiger partial charge in [0, 0.05) is 5.02 Å². The summed E-state index contributed by atoms with van der Waals surface area (Å²) in [6, 6.07) is 7.59. The first kappa shape index (κ1) is 10.7. The molecule has 2 aromatic rings. The molecule has 1 fully saturated rings. The smallest absolute Gasteiger partial charge is 0.230 e. The first-order valence-corrected chi connectivity index (χ1v) is 6.12. The molecule has 0 atom stereocenters. The van der Waals surface area contributed by atoms with Gasteiger partial charge in [0.05, 0.1) is 11.3 Å². The number of nitrogens with zero attached hydrogens (tertiary/aromatic N) is 1. The maximum atomic E-state index is 5.88. The number of nitrogens with two attached hydrogens (primary N) is 1. The van der Waals surface area contributed by atoms with Crippen LogP contribution in [0.5, 0.6) is 0 Å². The van der Waals surface area contributed by atoms with Crippen molar-refractivity contribution in [2.45, 2.75) is 19.3 Å². The minimum absolute atomic E-state index is 0.392. The molecule has 0 saturated heterocycles. The Labute approximate surface area is 105 Å². The third kappa shape index (κ3) is 2.15. The van der Waals surface area contributed by atoms with Crippen LogP contribution >= 0.6 is 11.6 Å². The molecule has 1 aromatic carbocycles. The number of halogens is 1. The van der Waals surface area contributed by atoms with E-state index in [9.17, 15) is 0 Å². The fourth-order valence-corrected chi connectivity index (χ4v) is 2.12. The average molecular weight is 249 g/mol. The number of hydrogen-bond acceptors (Lipinski definition) is 3. The molecule has 0 aliphatic heterocycles. The quantitative estimate of drug-likeness (QED) is 0.904. The summed E-state index contributed by atoms with van der Waals surface area (Å²) in [5.41, 5.74) is 8.75. The number of hydrogen-bond donors (Lipinski definition) is 1. The minimum Gasteiger partial charge on any atom is -0.367 e. The lowest BCUT2D eigenvalue weighted by Crippen LogP contribution is -1.92. The Morgan fingerprint density at radius 3 is 2.65 bits per heavy atom. The zero-order valence-electron chi connectivity index (χ0n) is 9.32. The minimum atomic E-state index is 0.392. The van der Waals surface area contributed by atoms with E-state index in [4.69, 9.17) is 21.9 Å². The maximum Gasteiger partial charge on any atom is 0.230 e. The van der Waals surface area contributed by atoms with Crippen molar-refractivity contribution in [3.63, 3.8) is 0 Å². The lowest BCUT2D eigenvalue weighted by Gasteiger charge is -2.02. The molecular weight excluding hydrogens is 236 g/mol. The topological polar surface area (TPSA) is 52.0 Å². The van der Waals surface area contributed by atoms with Crippen LogP contribution in [-0.2, 0) is 6.42 Å². The van der Waals surface area contributed by atoms with Gasteiger partial charge < -0.3 is 10.3 Å². The summed E-state index contributed by atoms with van der Waals surface area (Å²) < 4.78 is 5.10. The SMILES string of the molecule is Nc1onc(CC2CC2)c1-c1ccc(Cl)cc1. The van der Waals surface area contributed by atoms with E-state index in [2.05, 4.69) is 5.16 Å². The molecule has 1 aliphatic carbocycles. The van der Waals surface area contributed by atoms with E-state index in [0.717, 1.165) is 29.2 Å². The molecule has 0 bridgehead atoms. The molecule has 0 unspecified atom stereocenters. The molecule has 3 nitrogen and oxygen atoms in total. The van der Waals surface area contributed by atoms with E-state index in [1.165, 1.54) is 12.8 Å². The molecule has 4 heteroatoms. The van der Waals surface area contributed by atoms with E-state index in [1.54, 1.807) is 0 Å². The molecule has 3 rings (SSSR count). The Bertz CT molecular complexity index is 529. The largest absolute Gasteiger partial charge is 0.367 e. The lowest BCUT2D eigenvalue weighted by atomic mass is 10.0. The van der Waals surface area contributed by atoms with Crippen molar-refractivity contribution in [3.05, 3.63) is 35.0 Å². The molecule has 0 amide bonds. The van der Waals surface area contributed by atoms with Crippen LogP contribution in [0.4, 0.5) is 5.88 Å². The maximum absolute atomic E-state index is 5.88. The molecule has 1 saturated carbocycles. The van der Waals surface area contributed by atoms with Crippen LogP contribution in [0.25, 0.3) is 11.1 Å². The third-order valence-electron chi connectivity index (χ3n) is 3.10. The molecule has 0 spiro atoms. The number of nitrogen functional groups attached to an aromatic ring is 1.